The van der Waals surface area contributed by atoms with Crippen LogP contribution in [0.2, 0.25) is 5.02 Å². The van der Waals surface area contributed by atoms with Crippen LogP contribution in [-0.4, -0.2) is 9.55 Å². The molecule has 19 heavy (non-hydrogen) atoms. The molecule has 0 saturated carbocycles. The van der Waals surface area contributed by atoms with Gasteiger partial charge in [-0.1, -0.05) is 17.7 Å². The minimum atomic E-state index is 0.300. The average Bonchev–Trinajstić information content (AvgIpc) is 2.96. The zero-order valence-corrected chi connectivity index (χ0v) is 12.8. The van der Waals surface area contributed by atoms with Gasteiger partial charge in [0.15, 0.2) is 4.77 Å². The van der Waals surface area contributed by atoms with Crippen molar-refractivity contribution >= 4 is 46.2 Å². The van der Waals surface area contributed by atoms with Crippen molar-refractivity contribution in [2.75, 3.05) is 0 Å². The number of imidazole rings is 1. The fourth-order valence-electron chi connectivity index (χ4n) is 2.39. The number of thiophene rings is 1. The number of rotatable bonds is 3. The van der Waals surface area contributed by atoms with Crippen molar-refractivity contribution in [1.29, 1.82) is 0 Å². The van der Waals surface area contributed by atoms with Crippen LogP contribution in [0.3, 0.4) is 0 Å². The van der Waals surface area contributed by atoms with Crippen molar-refractivity contribution in [3.05, 3.63) is 50.4 Å². The Labute approximate surface area is 125 Å². The lowest BCUT2D eigenvalue weighted by Crippen LogP contribution is -2.07. The molecule has 5 heteroatoms. The SMILES string of the molecule is CC(Cc1ccsc1)n1c(=S)[nH]c2c(Cl)cccc21. The molecule has 0 aliphatic rings. The summed E-state index contributed by atoms with van der Waals surface area (Å²) in [5, 5.41) is 5.00. The first kappa shape index (κ1) is 12.9. The van der Waals surface area contributed by atoms with Crippen LogP contribution in [0.5, 0.6) is 0 Å². The highest BCUT2D eigenvalue weighted by Gasteiger charge is 2.13. The summed E-state index contributed by atoms with van der Waals surface area (Å²) in [4.78, 5) is 3.20. The molecule has 0 spiro atoms. The van der Waals surface area contributed by atoms with Gasteiger partial charge in [0.25, 0.3) is 0 Å². The zero-order chi connectivity index (χ0) is 13.4. The van der Waals surface area contributed by atoms with Gasteiger partial charge in [-0.2, -0.15) is 11.3 Å². The number of para-hydroxylation sites is 1. The van der Waals surface area contributed by atoms with E-state index in [4.69, 9.17) is 23.8 Å². The molecule has 2 heterocycles. The van der Waals surface area contributed by atoms with Crippen LogP contribution in [0.4, 0.5) is 0 Å². The van der Waals surface area contributed by atoms with Crippen LogP contribution < -0.4 is 0 Å². The van der Waals surface area contributed by atoms with Gasteiger partial charge in [-0.3, -0.25) is 0 Å². The smallest absolute Gasteiger partial charge is 0.178 e. The predicted octanol–water partition coefficient (Wildman–Crippen LogP) is 5.22. The molecule has 1 N–H and O–H groups in total. The number of nitrogens with zero attached hydrogens (tertiary/aromatic N) is 1. The van der Waals surface area contributed by atoms with Crippen molar-refractivity contribution in [2.24, 2.45) is 0 Å². The van der Waals surface area contributed by atoms with E-state index in [9.17, 15) is 0 Å². The predicted molar refractivity (Wildman–Crippen MR) is 84.9 cm³/mol. The molecule has 1 unspecified atom stereocenters. The van der Waals surface area contributed by atoms with E-state index in [0.717, 1.165) is 22.2 Å². The van der Waals surface area contributed by atoms with E-state index in [2.05, 4.69) is 39.4 Å². The number of fused-ring (bicyclic) bond motifs is 1. The summed E-state index contributed by atoms with van der Waals surface area (Å²) in [7, 11) is 0. The van der Waals surface area contributed by atoms with E-state index in [1.165, 1.54) is 5.56 Å². The van der Waals surface area contributed by atoms with Crippen LogP contribution >= 0.6 is 35.2 Å². The summed E-state index contributed by atoms with van der Waals surface area (Å²) in [6, 6.07) is 8.35. The molecule has 1 aromatic carbocycles. The number of aromatic nitrogens is 2. The van der Waals surface area contributed by atoms with Crippen LogP contribution in [0, 0.1) is 4.77 Å². The molecule has 2 aromatic heterocycles. The standard InChI is InChI=1S/C14H13ClN2S2/c1-9(7-10-5-6-19-8-10)17-12-4-2-3-11(15)13(12)16-14(17)18/h2-6,8-9H,7H2,1H3,(H,16,18). The van der Waals surface area contributed by atoms with Crippen LogP contribution in [0.25, 0.3) is 11.0 Å². The molecule has 2 nitrogen and oxygen atoms in total. The molecule has 1 atom stereocenters. The van der Waals surface area contributed by atoms with Gasteiger partial charge in [0, 0.05) is 6.04 Å². The number of halogens is 1. The highest BCUT2D eigenvalue weighted by atomic mass is 35.5. The minimum Gasteiger partial charge on any atom is -0.329 e. The lowest BCUT2D eigenvalue weighted by atomic mass is 10.1. The van der Waals surface area contributed by atoms with Gasteiger partial charge in [0.1, 0.15) is 0 Å². The second-order valence-electron chi connectivity index (χ2n) is 4.62. The second kappa shape index (κ2) is 5.12. The van der Waals surface area contributed by atoms with Crippen molar-refractivity contribution < 1.29 is 0 Å². The molecular weight excluding hydrogens is 296 g/mol. The van der Waals surface area contributed by atoms with Gasteiger partial charge in [-0.05, 0) is 60.1 Å². The molecule has 0 fully saturated rings. The Morgan fingerprint density at radius 2 is 2.26 bits per heavy atom. The van der Waals surface area contributed by atoms with Gasteiger partial charge < -0.3 is 9.55 Å². The Kier molecular flexibility index (Phi) is 3.48. The van der Waals surface area contributed by atoms with Crippen molar-refractivity contribution in [2.45, 2.75) is 19.4 Å². The van der Waals surface area contributed by atoms with Crippen molar-refractivity contribution in [3.63, 3.8) is 0 Å². The number of hydrogen-bond donors (Lipinski definition) is 1. The summed E-state index contributed by atoms with van der Waals surface area (Å²) in [6.45, 7) is 2.18. The first-order valence-electron chi connectivity index (χ1n) is 6.06. The fraction of sp³-hybridized carbons (Fsp3) is 0.214. The second-order valence-corrected chi connectivity index (χ2v) is 6.19. The average molecular weight is 309 g/mol. The monoisotopic (exact) mass is 308 g/mol. The summed E-state index contributed by atoms with van der Waals surface area (Å²) in [5.41, 5.74) is 3.34. The quantitative estimate of drug-likeness (QED) is 0.658. The van der Waals surface area contributed by atoms with E-state index >= 15 is 0 Å². The van der Waals surface area contributed by atoms with Crippen molar-refractivity contribution in [3.8, 4) is 0 Å². The molecule has 0 aliphatic carbocycles. The third-order valence-corrected chi connectivity index (χ3v) is 4.60. The number of hydrogen-bond acceptors (Lipinski definition) is 2. The Bertz CT molecular complexity index is 755. The highest BCUT2D eigenvalue weighted by Crippen LogP contribution is 2.27. The summed E-state index contributed by atoms with van der Waals surface area (Å²) >= 11 is 13.4. The maximum absolute atomic E-state index is 6.20. The molecule has 3 rings (SSSR count). The summed E-state index contributed by atoms with van der Waals surface area (Å²) in [5.74, 6) is 0. The molecule has 0 radical (unpaired) electrons. The van der Waals surface area contributed by atoms with Crippen LogP contribution in [0.15, 0.2) is 35.0 Å². The first-order valence-corrected chi connectivity index (χ1v) is 7.79. The molecule has 0 saturated heterocycles. The molecule has 3 aromatic rings. The van der Waals surface area contributed by atoms with Gasteiger partial charge in [-0.15, -0.1) is 0 Å². The maximum atomic E-state index is 6.20. The fourth-order valence-corrected chi connectivity index (χ4v) is 3.67. The number of nitrogens with one attached hydrogen (secondary N) is 1. The van der Waals surface area contributed by atoms with Gasteiger partial charge in [0.05, 0.1) is 16.1 Å². The lowest BCUT2D eigenvalue weighted by Gasteiger charge is -2.13. The van der Waals surface area contributed by atoms with E-state index in [-0.39, 0.29) is 0 Å². The summed E-state index contributed by atoms with van der Waals surface area (Å²) in [6.07, 6.45) is 0.970. The Hall–Kier alpha value is -1.10. The summed E-state index contributed by atoms with van der Waals surface area (Å²) < 4.78 is 2.87. The largest absolute Gasteiger partial charge is 0.329 e. The van der Waals surface area contributed by atoms with Crippen LogP contribution in [-0.2, 0) is 6.42 Å². The lowest BCUT2D eigenvalue weighted by molar-refractivity contribution is 0.554. The molecule has 98 valence electrons. The number of H-pyrrole nitrogens is 1. The zero-order valence-electron chi connectivity index (χ0n) is 10.4. The normalized spacial score (nSPS) is 12.9. The highest BCUT2D eigenvalue weighted by molar-refractivity contribution is 7.71. The topological polar surface area (TPSA) is 20.7 Å². The van der Waals surface area contributed by atoms with Gasteiger partial charge >= 0.3 is 0 Å². The minimum absolute atomic E-state index is 0.300. The molecule has 0 bridgehead atoms. The van der Waals surface area contributed by atoms with Gasteiger partial charge in [0.2, 0.25) is 0 Å². The van der Waals surface area contributed by atoms with Crippen molar-refractivity contribution in [1.82, 2.24) is 9.55 Å². The maximum Gasteiger partial charge on any atom is 0.178 e. The van der Waals surface area contributed by atoms with E-state index < -0.39 is 0 Å². The third-order valence-electron chi connectivity index (χ3n) is 3.25. The number of benzene rings is 1. The van der Waals surface area contributed by atoms with E-state index in [1.54, 1.807) is 11.3 Å². The van der Waals surface area contributed by atoms with Crippen LogP contribution in [0.1, 0.15) is 18.5 Å². The molecular formula is C14H13ClN2S2. The Morgan fingerprint density at radius 1 is 1.42 bits per heavy atom. The van der Waals surface area contributed by atoms with E-state index in [1.807, 2.05) is 12.1 Å². The Morgan fingerprint density at radius 3 is 3.00 bits per heavy atom. The molecule has 0 aliphatic heterocycles. The van der Waals surface area contributed by atoms with Gasteiger partial charge in [-0.25, -0.2) is 0 Å². The first-order chi connectivity index (χ1) is 9.16. The third kappa shape index (κ3) is 2.36. The Balaban J connectivity index is 2.07. The number of aromatic amines is 1. The van der Waals surface area contributed by atoms with E-state index in [0.29, 0.717) is 11.1 Å². The molecule has 0 amide bonds.